The minimum Gasteiger partial charge on any atom is -0.324 e. The molecule has 0 N–H and O–H groups in total. The summed E-state index contributed by atoms with van der Waals surface area (Å²) in [6.45, 7) is 10.8. The second-order valence-electron chi connectivity index (χ2n) is 18.6. The number of hydrogen-bond acceptors (Lipinski definition) is 0. The molecule has 1 nitrogen and oxygen atoms in total. The van der Waals surface area contributed by atoms with Crippen molar-refractivity contribution in [3.8, 4) is 0 Å². The molecule has 0 aromatic carbocycles. The van der Waals surface area contributed by atoms with E-state index >= 15 is 0 Å². The summed E-state index contributed by atoms with van der Waals surface area (Å²) in [4.78, 5) is 0. The molecule has 0 bridgehead atoms. The Kier molecular flexibility index (Phi) is 40.6. The van der Waals surface area contributed by atoms with Crippen LogP contribution in [0.15, 0.2) is 0 Å². The maximum atomic E-state index is 2.69. The van der Waals surface area contributed by atoms with E-state index in [9.17, 15) is 0 Å². The van der Waals surface area contributed by atoms with Gasteiger partial charge >= 0.3 is 0 Å². The van der Waals surface area contributed by atoms with Crippen molar-refractivity contribution >= 4 is 0 Å². The summed E-state index contributed by atoms with van der Waals surface area (Å²) in [7, 11) is 5.38. The van der Waals surface area contributed by atoms with Crippen LogP contribution in [0.2, 0.25) is 0 Å². The summed E-state index contributed by atoms with van der Waals surface area (Å²) in [5.41, 5.74) is 0.500. The van der Waals surface area contributed by atoms with Crippen LogP contribution in [-0.4, -0.2) is 30.7 Å². The summed E-state index contributed by atoms with van der Waals surface area (Å²) >= 11 is 0. The second kappa shape index (κ2) is 40.6. The van der Waals surface area contributed by atoms with Crippen LogP contribution < -0.4 is 0 Å². The first kappa shape index (κ1) is 52.0. The summed E-state index contributed by atoms with van der Waals surface area (Å²) in [5, 5.41) is 0. The van der Waals surface area contributed by atoms with Crippen molar-refractivity contribution in [2.24, 2.45) is 0 Å². The third-order valence-electron chi connectivity index (χ3n) is 13.3. The van der Waals surface area contributed by atoms with E-state index in [2.05, 4.69) is 41.8 Å². The molecule has 52 heavy (non-hydrogen) atoms. The maximum Gasteiger partial charge on any atom is 0.0988 e. The third kappa shape index (κ3) is 32.2. The molecule has 0 unspecified atom stereocenters. The molecule has 0 heterocycles. The molecule has 0 spiro atoms. The molecule has 0 aromatic rings. The molecule has 0 radical (unpaired) electrons. The SMILES string of the molecule is CCCCCCCCCCCCC(CCCCCCCCCCCC)(CCCCCCCCCCCC)[N+](C)(C)CCCCCCCCCCCC. The zero-order chi connectivity index (χ0) is 38.1. The van der Waals surface area contributed by atoms with Crippen molar-refractivity contribution in [1.82, 2.24) is 0 Å². The van der Waals surface area contributed by atoms with Gasteiger partial charge in [-0.05, 0) is 32.1 Å². The summed E-state index contributed by atoms with van der Waals surface area (Å²) in [6.07, 6.45) is 62.8. The number of hydrogen-bond donors (Lipinski definition) is 0. The largest absolute Gasteiger partial charge is 0.324 e. The van der Waals surface area contributed by atoms with E-state index in [0.717, 1.165) is 0 Å². The lowest BCUT2D eigenvalue weighted by Gasteiger charge is -2.50. The lowest BCUT2D eigenvalue weighted by Crippen LogP contribution is -2.60. The first-order valence-electron chi connectivity index (χ1n) is 25.3. The van der Waals surface area contributed by atoms with Crippen LogP contribution in [0.5, 0.6) is 0 Å². The highest BCUT2D eigenvalue weighted by atomic mass is 15.4. The summed E-state index contributed by atoms with van der Waals surface area (Å²) in [6, 6.07) is 0. The molecular weight excluding hydrogens is 627 g/mol. The zero-order valence-corrected chi connectivity index (χ0v) is 38.1. The first-order valence-corrected chi connectivity index (χ1v) is 25.3. The topological polar surface area (TPSA) is 0 Å². The zero-order valence-electron chi connectivity index (χ0n) is 38.1. The van der Waals surface area contributed by atoms with Crippen LogP contribution in [-0.2, 0) is 0 Å². The number of rotatable bonds is 45. The Morgan fingerprint density at radius 2 is 0.404 bits per heavy atom. The molecule has 0 saturated carbocycles. The van der Waals surface area contributed by atoms with Gasteiger partial charge in [0.1, 0.15) is 0 Å². The average Bonchev–Trinajstić information content (AvgIpc) is 3.14. The van der Waals surface area contributed by atoms with Gasteiger partial charge in [-0.3, -0.25) is 0 Å². The monoisotopic (exact) mass is 733 g/mol. The van der Waals surface area contributed by atoms with Crippen molar-refractivity contribution in [2.45, 2.75) is 309 Å². The van der Waals surface area contributed by atoms with E-state index in [0.29, 0.717) is 5.54 Å². The van der Waals surface area contributed by atoms with E-state index in [1.807, 2.05) is 0 Å². The van der Waals surface area contributed by atoms with Crippen LogP contribution in [0.1, 0.15) is 304 Å². The molecule has 0 aromatic heterocycles. The molecule has 0 rings (SSSR count). The highest BCUT2D eigenvalue weighted by molar-refractivity contribution is 4.82. The van der Waals surface area contributed by atoms with Gasteiger partial charge in [0.25, 0.3) is 0 Å². The van der Waals surface area contributed by atoms with Gasteiger partial charge in [-0.1, -0.05) is 252 Å². The lowest BCUT2D eigenvalue weighted by atomic mass is 9.78. The number of unbranched alkanes of at least 4 members (excludes halogenated alkanes) is 36. The molecular formula is C51H106N+. The van der Waals surface area contributed by atoms with E-state index in [-0.39, 0.29) is 0 Å². The van der Waals surface area contributed by atoms with Gasteiger partial charge in [-0.15, -0.1) is 0 Å². The Bertz CT molecular complexity index is 592. The van der Waals surface area contributed by atoms with Crippen LogP contribution in [0, 0.1) is 0 Å². The van der Waals surface area contributed by atoms with Gasteiger partial charge < -0.3 is 4.48 Å². The minimum atomic E-state index is 0.500. The number of quaternary nitrogens is 1. The first-order chi connectivity index (χ1) is 25.5. The predicted octanol–water partition coefficient (Wildman–Crippen LogP) is 18.7. The molecule has 0 saturated heterocycles. The molecule has 0 aliphatic rings. The molecule has 0 aliphatic carbocycles. The Hall–Kier alpha value is -0.0400. The van der Waals surface area contributed by atoms with E-state index < -0.39 is 0 Å². The fraction of sp³-hybridized carbons (Fsp3) is 1.00. The molecule has 0 amide bonds. The van der Waals surface area contributed by atoms with E-state index in [1.165, 1.54) is 287 Å². The third-order valence-corrected chi connectivity index (χ3v) is 13.3. The smallest absolute Gasteiger partial charge is 0.0988 e. The highest BCUT2D eigenvalue weighted by Gasteiger charge is 2.43. The Balaban J connectivity index is 5.22. The normalized spacial score (nSPS) is 12.3. The lowest BCUT2D eigenvalue weighted by molar-refractivity contribution is -0.944. The minimum absolute atomic E-state index is 0.500. The molecule has 0 fully saturated rings. The average molecular weight is 733 g/mol. The Labute approximate surface area is 333 Å². The van der Waals surface area contributed by atoms with Crippen molar-refractivity contribution in [3.05, 3.63) is 0 Å². The number of nitrogens with zero attached hydrogens (tertiary/aromatic N) is 1. The van der Waals surface area contributed by atoms with Gasteiger partial charge in [0.15, 0.2) is 0 Å². The summed E-state index contributed by atoms with van der Waals surface area (Å²) in [5.74, 6) is 0. The predicted molar refractivity (Wildman–Crippen MR) is 241 cm³/mol. The Morgan fingerprint density at radius 1 is 0.231 bits per heavy atom. The van der Waals surface area contributed by atoms with Gasteiger partial charge in [0.05, 0.1) is 26.2 Å². The van der Waals surface area contributed by atoms with Gasteiger partial charge in [0, 0.05) is 19.3 Å². The molecule has 1 heteroatoms. The molecule has 0 aliphatic heterocycles. The standard InChI is InChI=1S/C51H106N/c1-7-11-15-19-23-27-31-35-39-43-47-51(48-44-40-36-32-28-24-20-16-12-8-2,49-45-41-37-33-29-25-21-17-13-9-3)52(5,6)50-46-42-38-34-30-26-22-18-14-10-4/h7-50H2,1-6H3/q+1. The van der Waals surface area contributed by atoms with Crippen molar-refractivity contribution < 1.29 is 4.48 Å². The fourth-order valence-corrected chi connectivity index (χ4v) is 9.34. The molecule has 314 valence electrons. The fourth-order valence-electron chi connectivity index (χ4n) is 9.34. The second-order valence-corrected chi connectivity index (χ2v) is 18.6. The van der Waals surface area contributed by atoms with Crippen LogP contribution in [0.3, 0.4) is 0 Å². The summed E-state index contributed by atoms with van der Waals surface area (Å²) < 4.78 is 1.30. The van der Waals surface area contributed by atoms with E-state index in [1.54, 1.807) is 0 Å². The highest BCUT2D eigenvalue weighted by Crippen LogP contribution is 2.39. The van der Waals surface area contributed by atoms with E-state index in [4.69, 9.17) is 0 Å². The van der Waals surface area contributed by atoms with Gasteiger partial charge in [0.2, 0.25) is 0 Å². The maximum absolute atomic E-state index is 2.69. The van der Waals surface area contributed by atoms with Crippen LogP contribution >= 0.6 is 0 Å². The quantitative estimate of drug-likeness (QED) is 0.0432. The van der Waals surface area contributed by atoms with Crippen molar-refractivity contribution in [1.29, 1.82) is 0 Å². The van der Waals surface area contributed by atoms with Crippen molar-refractivity contribution in [3.63, 3.8) is 0 Å². The van der Waals surface area contributed by atoms with Crippen LogP contribution in [0.25, 0.3) is 0 Å². The molecule has 0 atom stereocenters. The Morgan fingerprint density at radius 3 is 0.615 bits per heavy atom. The van der Waals surface area contributed by atoms with Gasteiger partial charge in [-0.2, -0.15) is 0 Å². The van der Waals surface area contributed by atoms with Crippen LogP contribution in [0.4, 0.5) is 0 Å². The van der Waals surface area contributed by atoms with Crippen molar-refractivity contribution in [2.75, 3.05) is 20.6 Å². The van der Waals surface area contributed by atoms with Gasteiger partial charge in [-0.25, -0.2) is 0 Å².